The van der Waals surface area contributed by atoms with Crippen molar-refractivity contribution < 1.29 is 45.7 Å². The number of fused-ring (bicyclic) bond motifs is 1. The Morgan fingerprint density at radius 1 is 1.12 bits per heavy atom. The van der Waals surface area contributed by atoms with Gasteiger partial charge in [0.15, 0.2) is 11.5 Å². The summed E-state index contributed by atoms with van der Waals surface area (Å²) < 4.78 is 88.4. The van der Waals surface area contributed by atoms with Crippen molar-refractivity contribution in [3.63, 3.8) is 0 Å². The maximum Gasteiger partial charge on any atom is 0.423 e. The summed E-state index contributed by atoms with van der Waals surface area (Å²) >= 11 is 0. The molecule has 24 heavy (non-hydrogen) atoms. The van der Waals surface area contributed by atoms with E-state index in [4.69, 9.17) is 9.47 Å². The highest BCUT2D eigenvalue weighted by molar-refractivity contribution is 5.44. The first-order chi connectivity index (χ1) is 11.0. The molecular weight excluding hydrogens is 348 g/mol. The van der Waals surface area contributed by atoms with Gasteiger partial charge in [0.05, 0.1) is 0 Å². The van der Waals surface area contributed by atoms with Crippen molar-refractivity contribution in [2.24, 2.45) is 0 Å². The van der Waals surface area contributed by atoms with E-state index in [1.165, 1.54) is 18.2 Å². The predicted octanol–water partition coefficient (Wildman–Crippen LogP) is 2.63. The second-order valence-electron chi connectivity index (χ2n) is 5.03. The third-order valence-corrected chi connectivity index (χ3v) is 3.10. The summed E-state index contributed by atoms with van der Waals surface area (Å²) in [6.07, 6.45) is -17.9. The molecule has 11 heteroatoms. The summed E-state index contributed by atoms with van der Waals surface area (Å²) in [4.78, 5) is 0.780. The smallest absolute Gasteiger partial charge is 0.423 e. The van der Waals surface area contributed by atoms with Crippen molar-refractivity contribution in [2.75, 3.05) is 13.8 Å². The second kappa shape index (κ2) is 6.65. The zero-order chi connectivity index (χ0) is 18.1. The molecule has 1 N–H and O–H groups in total. The van der Waals surface area contributed by atoms with E-state index >= 15 is 0 Å². The Balaban J connectivity index is 2.02. The average Bonchev–Trinajstić information content (AvgIpc) is 2.89. The van der Waals surface area contributed by atoms with Crippen LogP contribution in [-0.2, 0) is 11.3 Å². The molecule has 5 nitrogen and oxygen atoms in total. The van der Waals surface area contributed by atoms with Crippen LogP contribution < -0.4 is 9.47 Å². The molecular formula is C13H13F6NO4. The summed E-state index contributed by atoms with van der Waals surface area (Å²) in [5.41, 5.74) is 0.472. The second-order valence-corrected chi connectivity index (χ2v) is 5.03. The Bertz CT molecular complexity index is 563. The van der Waals surface area contributed by atoms with E-state index in [0.29, 0.717) is 17.1 Å². The van der Waals surface area contributed by atoms with Gasteiger partial charge in [-0.25, -0.2) is 0 Å². The molecule has 0 fully saturated rings. The summed E-state index contributed by atoms with van der Waals surface area (Å²) in [5, 5.41) is 9.52. The van der Waals surface area contributed by atoms with Crippen molar-refractivity contribution >= 4 is 0 Å². The third-order valence-electron chi connectivity index (χ3n) is 3.10. The molecule has 1 unspecified atom stereocenters. The number of nitrogens with zero attached hydrogens (tertiary/aromatic N) is 1. The van der Waals surface area contributed by atoms with E-state index in [-0.39, 0.29) is 13.3 Å². The van der Waals surface area contributed by atoms with E-state index in [2.05, 4.69) is 4.74 Å². The molecule has 2 rings (SSSR count). The van der Waals surface area contributed by atoms with Crippen LogP contribution in [0.2, 0.25) is 0 Å². The van der Waals surface area contributed by atoms with E-state index in [1.54, 1.807) is 0 Å². The van der Waals surface area contributed by atoms with Gasteiger partial charge in [0.2, 0.25) is 13.2 Å². The van der Waals surface area contributed by atoms with E-state index in [1.807, 2.05) is 0 Å². The molecule has 0 bridgehead atoms. The fourth-order valence-electron chi connectivity index (χ4n) is 1.97. The van der Waals surface area contributed by atoms with Crippen LogP contribution in [-0.4, -0.2) is 48.7 Å². The van der Waals surface area contributed by atoms with Crippen LogP contribution in [0, 0.1) is 0 Å². The maximum absolute atomic E-state index is 12.4. The zero-order valence-electron chi connectivity index (χ0n) is 12.2. The monoisotopic (exact) mass is 361 g/mol. The molecule has 136 valence electrons. The highest BCUT2D eigenvalue weighted by Crippen LogP contribution is 2.37. The maximum atomic E-state index is 12.4. The lowest BCUT2D eigenvalue weighted by Crippen LogP contribution is -2.49. The van der Waals surface area contributed by atoms with Gasteiger partial charge in [0.1, 0.15) is 0 Å². The molecule has 0 radical (unpaired) electrons. The Morgan fingerprint density at radius 3 is 2.29 bits per heavy atom. The van der Waals surface area contributed by atoms with Crippen molar-refractivity contribution in [2.45, 2.75) is 31.4 Å². The fraction of sp³-hybridized carbons (Fsp3) is 0.538. The minimum atomic E-state index is -5.70. The van der Waals surface area contributed by atoms with Gasteiger partial charge in [-0.05, 0) is 24.7 Å². The Hall–Kier alpha value is -1.72. The molecule has 0 aliphatic carbocycles. The molecule has 0 aromatic heterocycles. The van der Waals surface area contributed by atoms with Gasteiger partial charge in [0.25, 0.3) is 6.10 Å². The van der Waals surface area contributed by atoms with Gasteiger partial charge in [-0.2, -0.15) is 26.3 Å². The number of hydrogen-bond donors (Lipinski definition) is 1. The van der Waals surface area contributed by atoms with Crippen LogP contribution in [0.4, 0.5) is 26.3 Å². The summed E-state index contributed by atoms with van der Waals surface area (Å²) in [6.45, 7) is -0.167. The summed E-state index contributed by atoms with van der Waals surface area (Å²) in [5.74, 6) is 0.854. The average molecular weight is 361 g/mol. The predicted molar refractivity (Wildman–Crippen MR) is 67.0 cm³/mol. The number of alkyl halides is 6. The SMILES string of the molecule is CN(Cc1ccc2c(c1)OCO2)C(O)OC(C(F)(F)F)C(F)(F)F. The minimum absolute atomic E-state index is 0.0131. The largest absolute Gasteiger partial charge is 0.454 e. The van der Waals surface area contributed by atoms with Gasteiger partial charge >= 0.3 is 12.4 Å². The summed E-state index contributed by atoms with van der Waals surface area (Å²) in [6, 6.07) is 4.56. The number of aliphatic hydroxyl groups is 1. The topological polar surface area (TPSA) is 51.2 Å². The first-order valence-corrected chi connectivity index (χ1v) is 6.54. The highest BCUT2D eigenvalue weighted by atomic mass is 19.4. The molecule has 1 aromatic carbocycles. The van der Waals surface area contributed by atoms with Crippen molar-refractivity contribution in [1.29, 1.82) is 0 Å². The number of aliphatic hydroxyl groups excluding tert-OH is 1. The minimum Gasteiger partial charge on any atom is -0.454 e. The quantitative estimate of drug-likeness (QED) is 0.646. The van der Waals surface area contributed by atoms with Crippen LogP contribution in [0.1, 0.15) is 5.56 Å². The molecule has 0 amide bonds. The number of rotatable bonds is 5. The Labute approximate surface area is 132 Å². The lowest BCUT2D eigenvalue weighted by molar-refractivity contribution is -0.365. The fourth-order valence-corrected chi connectivity index (χ4v) is 1.97. The number of hydrogen-bond acceptors (Lipinski definition) is 5. The van der Waals surface area contributed by atoms with Crippen LogP contribution >= 0.6 is 0 Å². The van der Waals surface area contributed by atoms with E-state index in [0.717, 1.165) is 11.9 Å². The molecule has 0 spiro atoms. The van der Waals surface area contributed by atoms with Gasteiger partial charge in [-0.15, -0.1) is 0 Å². The number of halogens is 6. The van der Waals surface area contributed by atoms with Crippen molar-refractivity contribution in [3.05, 3.63) is 23.8 Å². The van der Waals surface area contributed by atoms with Crippen LogP contribution in [0.25, 0.3) is 0 Å². The van der Waals surface area contributed by atoms with Gasteiger partial charge in [-0.3, -0.25) is 4.90 Å². The van der Waals surface area contributed by atoms with Gasteiger partial charge < -0.3 is 19.3 Å². The first-order valence-electron chi connectivity index (χ1n) is 6.54. The molecule has 1 aromatic rings. The molecule has 0 saturated heterocycles. The standard InChI is InChI=1S/C13H13F6NO4/c1-20(5-7-2-3-8-9(4-7)23-6-22-8)11(21)24-10(12(14,15)16)13(17,18)19/h2-4,10-11,21H,5-6H2,1H3. The lowest BCUT2D eigenvalue weighted by Gasteiger charge is -2.29. The Morgan fingerprint density at radius 2 is 1.71 bits per heavy atom. The number of ether oxygens (including phenoxy) is 3. The lowest BCUT2D eigenvalue weighted by atomic mass is 10.2. The highest BCUT2D eigenvalue weighted by Gasteiger charge is 2.59. The van der Waals surface area contributed by atoms with Gasteiger partial charge in [-0.1, -0.05) is 6.07 Å². The van der Waals surface area contributed by atoms with Crippen LogP contribution in [0.5, 0.6) is 11.5 Å². The third kappa shape index (κ3) is 4.42. The van der Waals surface area contributed by atoms with Crippen LogP contribution in [0.3, 0.4) is 0 Å². The summed E-state index contributed by atoms with van der Waals surface area (Å²) in [7, 11) is 1.11. The Kier molecular flexibility index (Phi) is 5.16. The van der Waals surface area contributed by atoms with Crippen LogP contribution in [0.15, 0.2) is 18.2 Å². The molecule has 1 heterocycles. The molecule has 1 atom stereocenters. The first kappa shape index (κ1) is 18.6. The number of benzene rings is 1. The van der Waals surface area contributed by atoms with E-state index < -0.39 is 24.9 Å². The zero-order valence-corrected chi connectivity index (χ0v) is 12.2. The van der Waals surface area contributed by atoms with Crippen molar-refractivity contribution in [3.8, 4) is 11.5 Å². The van der Waals surface area contributed by atoms with E-state index in [9.17, 15) is 31.4 Å². The van der Waals surface area contributed by atoms with Crippen molar-refractivity contribution in [1.82, 2.24) is 4.90 Å². The molecule has 1 aliphatic rings. The van der Waals surface area contributed by atoms with Gasteiger partial charge in [0, 0.05) is 6.54 Å². The molecule has 0 saturated carbocycles. The molecule has 1 aliphatic heterocycles. The normalized spacial score (nSPS) is 16.1.